The minimum absolute atomic E-state index is 0.715. The van der Waals surface area contributed by atoms with Gasteiger partial charge in [0.05, 0.1) is 0 Å². The molecule has 0 unspecified atom stereocenters. The van der Waals surface area contributed by atoms with Crippen LogP contribution in [0, 0.1) is 0 Å². The Balaban J connectivity index is 3.17. The van der Waals surface area contributed by atoms with Crippen LogP contribution in [0.25, 0.3) is 0 Å². The van der Waals surface area contributed by atoms with Crippen LogP contribution in [-0.2, 0) is 9.59 Å². The SMILES string of the molecule is CN1C(=O)N(C)C(=O)C(C)(NO)C1=O. The number of likely N-dealkylation sites (N-methyl/N-ethyl adjacent to an activating group) is 2. The summed E-state index contributed by atoms with van der Waals surface area (Å²) < 4.78 is 0. The highest BCUT2D eigenvalue weighted by Crippen LogP contribution is 2.18. The topological polar surface area (TPSA) is 90.0 Å². The van der Waals surface area contributed by atoms with Crippen molar-refractivity contribution in [3.63, 3.8) is 0 Å². The number of nitrogens with one attached hydrogen (secondary N) is 1. The van der Waals surface area contributed by atoms with E-state index in [0.717, 1.165) is 9.80 Å². The number of hydrogen-bond donors (Lipinski definition) is 2. The highest BCUT2D eigenvalue weighted by atomic mass is 16.5. The van der Waals surface area contributed by atoms with Crippen LogP contribution in [-0.4, -0.2) is 52.5 Å². The Kier molecular flexibility index (Phi) is 2.30. The number of urea groups is 1. The molecule has 1 aliphatic heterocycles. The van der Waals surface area contributed by atoms with Crippen molar-refractivity contribution in [2.24, 2.45) is 0 Å². The number of carbonyl (C=O) groups is 3. The first-order chi connectivity index (χ1) is 6.36. The van der Waals surface area contributed by atoms with Crippen LogP contribution in [0.1, 0.15) is 6.92 Å². The van der Waals surface area contributed by atoms with Crippen LogP contribution < -0.4 is 5.48 Å². The first-order valence-electron chi connectivity index (χ1n) is 3.87. The molecule has 1 heterocycles. The Labute approximate surface area is 80.2 Å². The number of barbiturate groups is 1. The maximum atomic E-state index is 11.5. The van der Waals surface area contributed by atoms with Crippen molar-refractivity contribution in [1.29, 1.82) is 0 Å². The zero-order valence-electron chi connectivity index (χ0n) is 8.07. The Morgan fingerprint density at radius 1 is 1.14 bits per heavy atom. The third-order valence-corrected chi connectivity index (χ3v) is 2.26. The average Bonchev–Trinajstić information content (AvgIpc) is 2.21. The molecule has 1 aliphatic rings. The molecular weight excluding hydrogens is 190 g/mol. The van der Waals surface area contributed by atoms with Gasteiger partial charge in [-0.15, -0.1) is 0 Å². The average molecular weight is 201 g/mol. The van der Waals surface area contributed by atoms with Crippen molar-refractivity contribution >= 4 is 17.8 Å². The predicted molar refractivity (Wildman–Crippen MR) is 44.3 cm³/mol. The minimum Gasteiger partial charge on any atom is -0.315 e. The third-order valence-electron chi connectivity index (χ3n) is 2.26. The van der Waals surface area contributed by atoms with Crippen molar-refractivity contribution in [1.82, 2.24) is 15.3 Å². The minimum atomic E-state index is -1.78. The second kappa shape index (κ2) is 3.03. The second-order valence-electron chi connectivity index (χ2n) is 3.25. The van der Waals surface area contributed by atoms with E-state index in [-0.39, 0.29) is 0 Å². The van der Waals surface area contributed by atoms with Gasteiger partial charge in [-0.2, -0.15) is 5.48 Å². The lowest BCUT2D eigenvalue weighted by molar-refractivity contribution is -0.156. The highest BCUT2D eigenvalue weighted by Gasteiger charge is 2.52. The molecule has 0 saturated carbocycles. The zero-order chi connectivity index (χ0) is 11.1. The zero-order valence-corrected chi connectivity index (χ0v) is 8.07. The molecule has 2 N–H and O–H groups in total. The summed E-state index contributed by atoms with van der Waals surface area (Å²) >= 11 is 0. The summed E-state index contributed by atoms with van der Waals surface area (Å²) in [4.78, 5) is 35.7. The van der Waals surface area contributed by atoms with Gasteiger partial charge < -0.3 is 5.21 Å². The molecule has 0 atom stereocenters. The van der Waals surface area contributed by atoms with Gasteiger partial charge in [0, 0.05) is 14.1 Å². The van der Waals surface area contributed by atoms with Crippen LogP contribution in [0.15, 0.2) is 0 Å². The number of rotatable bonds is 1. The summed E-state index contributed by atoms with van der Waals surface area (Å²) in [5.74, 6) is -1.57. The van der Waals surface area contributed by atoms with Crippen LogP contribution >= 0.6 is 0 Å². The number of amides is 4. The third kappa shape index (κ3) is 1.10. The van der Waals surface area contributed by atoms with Gasteiger partial charge in [0.1, 0.15) is 0 Å². The molecule has 0 spiro atoms. The quantitative estimate of drug-likeness (QED) is 0.409. The molecule has 78 valence electrons. The van der Waals surface area contributed by atoms with E-state index in [1.807, 2.05) is 0 Å². The normalized spacial score (nSPS) is 21.9. The van der Waals surface area contributed by atoms with Crippen molar-refractivity contribution in [3.05, 3.63) is 0 Å². The van der Waals surface area contributed by atoms with Gasteiger partial charge in [-0.25, -0.2) is 4.79 Å². The first kappa shape index (κ1) is 10.6. The number of hydroxylamine groups is 1. The van der Waals surface area contributed by atoms with Crippen LogP contribution in [0.5, 0.6) is 0 Å². The summed E-state index contributed by atoms with van der Waals surface area (Å²) in [6.45, 7) is 1.21. The summed E-state index contributed by atoms with van der Waals surface area (Å²) in [7, 11) is 2.48. The maximum absolute atomic E-state index is 11.5. The summed E-state index contributed by atoms with van der Waals surface area (Å²) in [5.41, 5.74) is -0.154. The fourth-order valence-electron chi connectivity index (χ4n) is 1.26. The molecule has 0 bridgehead atoms. The van der Waals surface area contributed by atoms with Gasteiger partial charge in [-0.1, -0.05) is 0 Å². The molecule has 1 rings (SSSR count). The van der Waals surface area contributed by atoms with Gasteiger partial charge >= 0.3 is 6.03 Å². The number of nitrogens with zero attached hydrogens (tertiary/aromatic N) is 2. The van der Waals surface area contributed by atoms with Gasteiger partial charge in [-0.3, -0.25) is 19.4 Å². The van der Waals surface area contributed by atoms with Gasteiger partial charge in [0.25, 0.3) is 11.8 Å². The number of carbonyl (C=O) groups excluding carboxylic acids is 3. The smallest absolute Gasteiger partial charge is 0.315 e. The summed E-state index contributed by atoms with van der Waals surface area (Å²) in [6, 6.07) is -0.715. The number of hydrogen-bond acceptors (Lipinski definition) is 5. The van der Waals surface area contributed by atoms with Crippen molar-refractivity contribution in [3.8, 4) is 0 Å². The Morgan fingerprint density at radius 3 is 1.79 bits per heavy atom. The van der Waals surface area contributed by atoms with E-state index >= 15 is 0 Å². The molecule has 7 nitrogen and oxygen atoms in total. The fraction of sp³-hybridized carbons (Fsp3) is 0.571. The monoisotopic (exact) mass is 201 g/mol. The van der Waals surface area contributed by atoms with Gasteiger partial charge in [0.15, 0.2) is 5.54 Å². The lowest BCUT2D eigenvalue weighted by atomic mass is 9.98. The van der Waals surface area contributed by atoms with E-state index in [0.29, 0.717) is 0 Å². The molecule has 0 aromatic heterocycles. The molecular formula is C7H11N3O4. The molecule has 1 saturated heterocycles. The van der Waals surface area contributed by atoms with Crippen LogP contribution in [0.4, 0.5) is 4.79 Å². The molecule has 0 aromatic carbocycles. The summed E-state index contributed by atoms with van der Waals surface area (Å²) in [5, 5.41) is 8.76. The Morgan fingerprint density at radius 2 is 1.50 bits per heavy atom. The Hall–Kier alpha value is -1.47. The van der Waals surface area contributed by atoms with Crippen molar-refractivity contribution in [2.45, 2.75) is 12.5 Å². The van der Waals surface area contributed by atoms with E-state index in [4.69, 9.17) is 5.21 Å². The molecule has 0 radical (unpaired) electrons. The Bertz CT molecular complexity index is 290. The lowest BCUT2D eigenvalue weighted by Crippen LogP contribution is -2.70. The van der Waals surface area contributed by atoms with E-state index in [1.54, 1.807) is 5.48 Å². The summed E-state index contributed by atoms with van der Waals surface area (Å²) in [6.07, 6.45) is 0. The van der Waals surface area contributed by atoms with Crippen LogP contribution in [0.2, 0.25) is 0 Å². The lowest BCUT2D eigenvalue weighted by Gasteiger charge is -2.38. The molecule has 7 heteroatoms. The van der Waals surface area contributed by atoms with Crippen molar-refractivity contribution < 1.29 is 19.6 Å². The largest absolute Gasteiger partial charge is 0.332 e. The molecule has 4 amide bonds. The molecule has 1 fully saturated rings. The van der Waals surface area contributed by atoms with Gasteiger partial charge in [-0.05, 0) is 6.92 Å². The first-order valence-corrected chi connectivity index (χ1v) is 3.87. The molecule has 0 aromatic rings. The second-order valence-corrected chi connectivity index (χ2v) is 3.25. The highest BCUT2D eigenvalue weighted by molar-refractivity contribution is 6.21. The van der Waals surface area contributed by atoms with Crippen molar-refractivity contribution in [2.75, 3.05) is 14.1 Å². The van der Waals surface area contributed by atoms with Crippen LogP contribution in [0.3, 0.4) is 0 Å². The fourth-order valence-corrected chi connectivity index (χ4v) is 1.26. The standard InChI is InChI=1S/C7H11N3O4/c1-7(8-14)4(11)9(2)6(13)10(3)5(7)12/h8,14H,1-3H3. The molecule has 14 heavy (non-hydrogen) atoms. The van der Waals surface area contributed by atoms with E-state index in [1.165, 1.54) is 21.0 Å². The number of imide groups is 2. The predicted octanol–water partition coefficient (Wildman–Crippen LogP) is -1.23. The van der Waals surface area contributed by atoms with E-state index in [2.05, 4.69) is 0 Å². The maximum Gasteiger partial charge on any atom is 0.332 e. The van der Waals surface area contributed by atoms with E-state index in [9.17, 15) is 14.4 Å². The van der Waals surface area contributed by atoms with Gasteiger partial charge in [0.2, 0.25) is 0 Å². The molecule has 0 aliphatic carbocycles. The van der Waals surface area contributed by atoms with E-state index < -0.39 is 23.4 Å².